The third kappa shape index (κ3) is 4.40. The summed E-state index contributed by atoms with van der Waals surface area (Å²) >= 11 is 7.58. The van der Waals surface area contributed by atoms with Crippen LogP contribution in [0.15, 0.2) is 35.7 Å². The third-order valence-electron chi connectivity index (χ3n) is 3.16. The molecule has 0 fully saturated rings. The van der Waals surface area contributed by atoms with Gasteiger partial charge < -0.3 is 0 Å². The van der Waals surface area contributed by atoms with Gasteiger partial charge in [0, 0.05) is 41.6 Å². The highest BCUT2D eigenvalue weighted by Crippen LogP contribution is 2.21. The Labute approximate surface area is 133 Å². The quantitative estimate of drug-likeness (QED) is 0.592. The molecule has 1 aromatic carbocycles. The molecule has 0 atom stereocenters. The standard InChI is InChI=1S/C15H17ClFN3S/c1-3-20(9-11-7-18-15(21-2)19-8-11)10-12-13(16)5-4-6-14(12)17/h4-8H,3,9-10H2,1-2H3. The fraction of sp³-hybridized carbons (Fsp3) is 0.333. The smallest absolute Gasteiger partial charge is 0.187 e. The Morgan fingerprint density at radius 1 is 1.24 bits per heavy atom. The van der Waals surface area contributed by atoms with Gasteiger partial charge in [-0.05, 0) is 24.9 Å². The molecule has 0 saturated carbocycles. The third-order valence-corrected chi connectivity index (χ3v) is 4.09. The van der Waals surface area contributed by atoms with Gasteiger partial charge in [0.25, 0.3) is 0 Å². The molecule has 0 aliphatic carbocycles. The number of halogens is 2. The molecule has 0 N–H and O–H groups in total. The van der Waals surface area contributed by atoms with Crippen molar-refractivity contribution < 1.29 is 4.39 Å². The van der Waals surface area contributed by atoms with E-state index in [1.165, 1.54) is 17.8 Å². The van der Waals surface area contributed by atoms with Crippen LogP contribution in [0.25, 0.3) is 0 Å². The Kier molecular flexibility index (Phi) is 5.96. The molecule has 0 aliphatic rings. The zero-order valence-corrected chi connectivity index (χ0v) is 13.6. The predicted octanol–water partition coefficient (Wildman–Crippen LogP) is 4.01. The van der Waals surface area contributed by atoms with Crippen LogP contribution in [0, 0.1) is 5.82 Å². The zero-order chi connectivity index (χ0) is 15.2. The van der Waals surface area contributed by atoms with E-state index in [4.69, 9.17) is 11.6 Å². The number of hydrogen-bond acceptors (Lipinski definition) is 4. The summed E-state index contributed by atoms with van der Waals surface area (Å²) in [4.78, 5) is 10.6. The topological polar surface area (TPSA) is 29.0 Å². The van der Waals surface area contributed by atoms with Crippen LogP contribution in [0.2, 0.25) is 5.02 Å². The van der Waals surface area contributed by atoms with Crippen molar-refractivity contribution in [2.45, 2.75) is 25.2 Å². The van der Waals surface area contributed by atoms with E-state index in [0.717, 1.165) is 17.3 Å². The van der Waals surface area contributed by atoms with Crippen molar-refractivity contribution in [3.8, 4) is 0 Å². The number of aromatic nitrogens is 2. The van der Waals surface area contributed by atoms with Crippen LogP contribution in [0.1, 0.15) is 18.1 Å². The molecule has 6 heteroatoms. The normalized spacial score (nSPS) is 11.1. The van der Waals surface area contributed by atoms with Crippen molar-refractivity contribution >= 4 is 23.4 Å². The van der Waals surface area contributed by atoms with Crippen molar-refractivity contribution in [2.24, 2.45) is 0 Å². The minimum Gasteiger partial charge on any atom is -0.295 e. The summed E-state index contributed by atoms with van der Waals surface area (Å²) in [5, 5.41) is 1.21. The maximum atomic E-state index is 13.8. The van der Waals surface area contributed by atoms with E-state index in [1.54, 1.807) is 12.1 Å². The van der Waals surface area contributed by atoms with Gasteiger partial charge in [0.2, 0.25) is 0 Å². The summed E-state index contributed by atoms with van der Waals surface area (Å²) in [5.41, 5.74) is 1.53. The molecule has 2 rings (SSSR count). The summed E-state index contributed by atoms with van der Waals surface area (Å²) in [6, 6.07) is 4.77. The molecule has 0 spiro atoms. The lowest BCUT2D eigenvalue weighted by molar-refractivity contribution is 0.266. The fourth-order valence-electron chi connectivity index (χ4n) is 1.97. The summed E-state index contributed by atoms with van der Waals surface area (Å²) in [6.45, 7) is 3.95. The van der Waals surface area contributed by atoms with Crippen LogP contribution < -0.4 is 0 Å². The minimum atomic E-state index is -0.269. The highest BCUT2D eigenvalue weighted by Gasteiger charge is 2.12. The zero-order valence-electron chi connectivity index (χ0n) is 12.0. The largest absolute Gasteiger partial charge is 0.295 e. The van der Waals surface area contributed by atoms with E-state index in [2.05, 4.69) is 14.9 Å². The van der Waals surface area contributed by atoms with Gasteiger partial charge in [-0.1, -0.05) is 36.4 Å². The molecule has 112 valence electrons. The van der Waals surface area contributed by atoms with Crippen molar-refractivity contribution in [3.05, 3.63) is 52.6 Å². The second-order valence-corrected chi connectivity index (χ2v) is 5.76. The van der Waals surface area contributed by atoms with Crippen LogP contribution in [-0.4, -0.2) is 27.7 Å². The van der Waals surface area contributed by atoms with E-state index in [9.17, 15) is 4.39 Å². The number of thioether (sulfide) groups is 1. The molecule has 0 radical (unpaired) electrons. The first-order chi connectivity index (χ1) is 10.1. The molecular formula is C15H17ClFN3S. The molecule has 3 nitrogen and oxygen atoms in total. The molecule has 21 heavy (non-hydrogen) atoms. The predicted molar refractivity (Wildman–Crippen MR) is 85.0 cm³/mol. The van der Waals surface area contributed by atoms with Gasteiger partial charge in [0.1, 0.15) is 5.82 Å². The lowest BCUT2D eigenvalue weighted by atomic mass is 10.2. The monoisotopic (exact) mass is 325 g/mol. The number of rotatable bonds is 6. The van der Waals surface area contributed by atoms with Gasteiger partial charge in [0.05, 0.1) is 0 Å². The molecule has 1 heterocycles. The number of hydrogen-bond donors (Lipinski definition) is 0. The maximum Gasteiger partial charge on any atom is 0.187 e. The molecule has 0 amide bonds. The molecule has 0 unspecified atom stereocenters. The minimum absolute atomic E-state index is 0.269. The van der Waals surface area contributed by atoms with E-state index < -0.39 is 0 Å². The SMILES string of the molecule is CCN(Cc1cnc(SC)nc1)Cc1c(F)cccc1Cl. The highest BCUT2D eigenvalue weighted by molar-refractivity contribution is 7.98. The van der Waals surface area contributed by atoms with Gasteiger partial charge in [-0.2, -0.15) is 0 Å². The first kappa shape index (κ1) is 16.2. The Morgan fingerprint density at radius 2 is 1.95 bits per heavy atom. The Morgan fingerprint density at radius 3 is 2.52 bits per heavy atom. The van der Waals surface area contributed by atoms with Crippen molar-refractivity contribution in [2.75, 3.05) is 12.8 Å². The number of nitrogens with zero attached hydrogens (tertiary/aromatic N) is 3. The van der Waals surface area contributed by atoms with Crippen LogP contribution in [0.3, 0.4) is 0 Å². The lowest BCUT2D eigenvalue weighted by Crippen LogP contribution is -2.23. The van der Waals surface area contributed by atoms with E-state index in [-0.39, 0.29) is 5.82 Å². The van der Waals surface area contributed by atoms with Gasteiger partial charge in [-0.25, -0.2) is 14.4 Å². The summed E-state index contributed by atoms with van der Waals surface area (Å²) in [5.74, 6) is -0.269. The van der Waals surface area contributed by atoms with Crippen LogP contribution >= 0.6 is 23.4 Å². The van der Waals surface area contributed by atoms with Crippen molar-refractivity contribution in [1.82, 2.24) is 14.9 Å². The van der Waals surface area contributed by atoms with Crippen LogP contribution in [0.4, 0.5) is 4.39 Å². The Bertz CT molecular complexity index is 572. The summed E-state index contributed by atoms with van der Waals surface area (Å²) < 4.78 is 13.8. The average molecular weight is 326 g/mol. The first-order valence-electron chi connectivity index (χ1n) is 6.64. The molecule has 2 aromatic rings. The van der Waals surface area contributed by atoms with Gasteiger partial charge in [-0.3, -0.25) is 4.90 Å². The first-order valence-corrected chi connectivity index (χ1v) is 8.24. The van der Waals surface area contributed by atoms with Crippen molar-refractivity contribution in [1.29, 1.82) is 0 Å². The van der Waals surface area contributed by atoms with E-state index in [1.807, 2.05) is 25.6 Å². The molecule has 0 bridgehead atoms. The highest BCUT2D eigenvalue weighted by atomic mass is 35.5. The molecular weight excluding hydrogens is 309 g/mol. The lowest BCUT2D eigenvalue weighted by Gasteiger charge is -2.21. The van der Waals surface area contributed by atoms with Crippen molar-refractivity contribution in [3.63, 3.8) is 0 Å². The van der Waals surface area contributed by atoms with Gasteiger partial charge >= 0.3 is 0 Å². The fourth-order valence-corrected chi connectivity index (χ4v) is 2.51. The summed E-state index contributed by atoms with van der Waals surface area (Å²) in [7, 11) is 0. The van der Waals surface area contributed by atoms with Crippen LogP contribution in [-0.2, 0) is 13.1 Å². The Hall–Kier alpha value is -1.17. The average Bonchev–Trinajstić information content (AvgIpc) is 2.50. The van der Waals surface area contributed by atoms with E-state index >= 15 is 0 Å². The van der Waals surface area contributed by atoms with Gasteiger partial charge in [-0.15, -0.1) is 0 Å². The van der Waals surface area contributed by atoms with Crippen LogP contribution in [0.5, 0.6) is 0 Å². The Balaban J connectivity index is 2.09. The molecule has 0 saturated heterocycles. The maximum absolute atomic E-state index is 13.8. The van der Waals surface area contributed by atoms with E-state index in [0.29, 0.717) is 23.7 Å². The molecule has 0 aliphatic heterocycles. The number of benzene rings is 1. The second kappa shape index (κ2) is 7.73. The second-order valence-electron chi connectivity index (χ2n) is 4.58. The van der Waals surface area contributed by atoms with Gasteiger partial charge in [0.15, 0.2) is 5.16 Å². The molecule has 1 aromatic heterocycles. The summed E-state index contributed by atoms with van der Waals surface area (Å²) in [6.07, 6.45) is 5.56.